The van der Waals surface area contributed by atoms with Gasteiger partial charge in [0, 0.05) is 29.5 Å². The third-order valence-corrected chi connectivity index (χ3v) is 3.56. The van der Waals surface area contributed by atoms with Gasteiger partial charge in [-0.05, 0) is 44.2 Å². The smallest absolute Gasteiger partial charge is 0.321 e. The zero-order valence-electron chi connectivity index (χ0n) is 15.5. The highest BCUT2D eigenvalue weighted by Crippen LogP contribution is 2.20. The monoisotopic (exact) mass is 401 g/mol. The number of hydrogen-bond acceptors (Lipinski definition) is 6. The minimum atomic E-state index is -0.304. The van der Waals surface area contributed by atoms with Crippen molar-refractivity contribution in [2.24, 2.45) is 5.10 Å². The van der Waals surface area contributed by atoms with E-state index in [1.54, 1.807) is 43.3 Å². The zero-order chi connectivity index (χ0) is 20.4. The first-order valence-electron chi connectivity index (χ1n) is 8.51. The Bertz CT molecular complexity index is 851. The van der Waals surface area contributed by atoms with Gasteiger partial charge in [0.25, 0.3) is 0 Å². The molecule has 0 atom stereocenters. The van der Waals surface area contributed by atoms with Crippen LogP contribution in [0.5, 0.6) is 11.8 Å². The first kappa shape index (κ1) is 21.0. The summed E-state index contributed by atoms with van der Waals surface area (Å²) in [6, 6.07) is 6.96. The topological polar surface area (TPSA) is 96.8 Å². The first-order valence-corrected chi connectivity index (χ1v) is 8.89. The van der Waals surface area contributed by atoms with E-state index in [0.29, 0.717) is 35.0 Å². The Balaban J connectivity index is 2.17. The molecular formula is C19H20ClN5O3. The molecule has 1 aromatic heterocycles. The molecule has 0 unspecified atom stereocenters. The zero-order valence-corrected chi connectivity index (χ0v) is 16.3. The maximum absolute atomic E-state index is 11.7. The van der Waals surface area contributed by atoms with Gasteiger partial charge in [-0.3, -0.25) is 9.59 Å². The lowest BCUT2D eigenvalue weighted by atomic mass is 10.2. The van der Waals surface area contributed by atoms with Crippen LogP contribution in [0, 0.1) is 0 Å². The molecule has 0 aliphatic carbocycles. The maximum atomic E-state index is 11.7. The van der Waals surface area contributed by atoms with E-state index in [1.165, 1.54) is 12.4 Å². The van der Waals surface area contributed by atoms with E-state index in [4.69, 9.17) is 16.3 Å². The highest BCUT2D eigenvalue weighted by molar-refractivity contribution is 6.30. The molecule has 0 aliphatic rings. The Morgan fingerprint density at radius 1 is 1.29 bits per heavy atom. The number of benzene rings is 1. The van der Waals surface area contributed by atoms with Crippen LogP contribution in [0.3, 0.4) is 0 Å². The van der Waals surface area contributed by atoms with Crippen molar-refractivity contribution in [3.05, 3.63) is 59.4 Å². The van der Waals surface area contributed by atoms with Crippen LogP contribution in [-0.2, 0) is 9.59 Å². The highest BCUT2D eigenvalue weighted by atomic mass is 35.5. The largest absolute Gasteiger partial charge is 0.424 e. The fourth-order valence-electron chi connectivity index (χ4n) is 2.09. The summed E-state index contributed by atoms with van der Waals surface area (Å²) in [6.07, 6.45) is 6.97. The lowest BCUT2D eigenvalue weighted by Crippen LogP contribution is -2.34. The Kier molecular flexibility index (Phi) is 8.11. The number of aromatic nitrogens is 2. The standard InChI is InChI=1S/C19H20ClN5O3/c1-3-5-17(24-25(13-26)12-18(27)21-4-2)14-10-22-19(23-11-14)28-16-8-6-15(20)7-9-16/h3,5-11,13H,4,12H2,1-2H3,(H,21,27)/b5-3-,24-17+. The number of allylic oxidation sites excluding steroid dienone is 2. The van der Waals surface area contributed by atoms with Crippen LogP contribution in [0.2, 0.25) is 5.02 Å². The molecule has 0 saturated heterocycles. The maximum Gasteiger partial charge on any atom is 0.321 e. The van der Waals surface area contributed by atoms with E-state index in [1.807, 2.05) is 6.92 Å². The van der Waals surface area contributed by atoms with Crippen LogP contribution >= 0.6 is 11.6 Å². The van der Waals surface area contributed by atoms with Crippen molar-refractivity contribution in [1.82, 2.24) is 20.3 Å². The van der Waals surface area contributed by atoms with Crippen LogP contribution in [0.1, 0.15) is 19.4 Å². The van der Waals surface area contributed by atoms with Gasteiger partial charge >= 0.3 is 6.01 Å². The number of hydrogen-bond donors (Lipinski definition) is 1. The number of hydrazone groups is 1. The second-order valence-electron chi connectivity index (χ2n) is 5.45. The molecule has 2 aromatic rings. The molecule has 0 spiro atoms. The second-order valence-corrected chi connectivity index (χ2v) is 5.89. The summed E-state index contributed by atoms with van der Waals surface area (Å²) in [5.41, 5.74) is 0.987. The number of nitrogens with zero attached hydrogens (tertiary/aromatic N) is 4. The highest BCUT2D eigenvalue weighted by Gasteiger charge is 2.10. The quantitative estimate of drug-likeness (QED) is 0.396. The van der Waals surface area contributed by atoms with Crippen molar-refractivity contribution in [3.63, 3.8) is 0 Å². The Morgan fingerprint density at radius 3 is 2.54 bits per heavy atom. The van der Waals surface area contributed by atoms with Crippen molar-refractivity contribution in [3.8, 4) is 11.8 Å². The molecule has 28 heavy (non-hydrogen) atoms. The summed E-state index contributed by atoms with van der Waals surface area (Å²) >= 11 is 5.84. The van der Waals surface area contributed by atoms with Gasteiger partial charge in [-0.25, -0.2) is 15.0 Å². The molecule has 0 aliphatic heterocycles. The van der Waals surface area contributed by atoms with Crippen LogP contribution in [0.15, 0.2) is 53.9 Å². The molecule has 8 nitrogen and oxygen atoms in total. The molecule has 0 bridgehead atoms. The molecule has 1 heterocycles. The lowest BCUT2D eigenvalue weighted by molar-refractivity contribution is -0.127. The van der Waals surface area contributed by atoms with E-state index >= 15 is 0 Å². The Morgan fingerprint density at radius 2 is 1.96 bits per heavy atom. The van der Waals surface area contributed by atoms with Crippen LogP contribution in [-0.4, -0.2) is 46.1 Å². The number of likely N-dealkylation sites (N-methyl/N-ethyl adjacent to an activating group) is 1. The molecule has 1 N–H and O–H groups in total. The summed E-state index contributed by atoms with van der Waals surface area (Å²) in [5.74, 6) is 0.245. The van der Waals surface area contributed by atoms with E-state index in [9.17, 15) is 9.59 Å². The molecule has 0 fully saturated rings. The van der Waals surface area contributed by atoms with E-state index in [0.717, 1.165) is 5.01 Å². The lowest BCUT2D eigenvalue weighted by Gasteiger charge is -2.12. The van der Waals surface area contributed by atoms with E-state index in [-0.39, 0.29) is 18.5 Å². The predicted molar refractivity (Wildman–Crippen MR) is 106 cm³/mol. The third kappa shape index (κ3) is 6.48. The van der Waals surface area contributed by atoms with Crippen molar-refractivity contribution >= 4 is 29.6 Å². The average molecular weight is 402 g/mol. The molecule has 1 aromatic carbocycles. The molecule has 146 valence electrons. The van der Waals surface area contributed by atoms with Crippen LogP contribution < -0.4 is 10.1 Å². The number of halogens is 1. The van der Waals surface area contributed by atoms with Crippen molar-refractivity contribution < 1.29 is 14.3 Å². The van der Waals surface area contributed by atoms with Crippen molar-refractivity contribution in [2.45, 2.75) is 13.8 Å². The van der Waals surface area contributed by atoms with Gasteiger partial charge < -0.3 is 10.1 Å². The number of rotatable bonds is 9. The Labute approximate surface area is 167 Å². The summed E-state index contributed by atoms with van der Waals surface area (Å²) in [5, 5.41) is 8.42. The van der Waals surface area contributed by atoms with E-state index < -0.39 is 0 Å². The number of ether oxygens (including phenoxy) is 1. The predicted octanol–water partition coefficient (Wildman–Crippen LogP) is 2.80. The summed E-state index contributed by atoms with van der Waals surface area (Å²) in [4.78, 5) is 31.2. The van der Waals surface area contributed by atoms with Crippen molar-refractivity contribution in [1.29, 1.82) is 0 Å². The van der Waals surface area contributed by atoms with Crippen LogP contribution in [0.25, 0.3) is 0 Å². The number of amides is 2. The normalized spacial score (nSPS) is 11.3. The second kappa shape index (κ2) is 10.8. The Hall–Kier alpha value is -3.26. The first-order chi connectivity index (χ1) is 13.5. The van der Waals surface area contributed by atoms with Gasteiger partial charge in [-0.1, -0.05) is 17.7 Å². The van der Waals surface area contributed by atoms with Gasteiger partial charge in [0.15, 0.2) is 0 Å². The minimum Gasteiger partial charge on any atom is -0.424 e. The fraction of sp³-hybridized carbons (Fsp3) is 0.211. The average Bonchev–Trinajstić information content (AvgIpc) is 2.69. The minimum absolute atomic E-state index is 0.153. The van der Waals surface area contributed by atoms with Crippen molar-refractivity contribution in [2.75, 3.05) is 13.1 Å². The fourth-order valence-corrected chi connectivity index (χ4v) is 2.22. The molecule has 0 radical (unpaired) electrons. The number of nitrogens with one attached hydrogen (secondary N) is 1. The van der Waals surface area contributed by atoms with Gasteiger partial charge in [0.1, 0.15) is 12.3 Å². The SMILES string of the molecule is C/C=C\C(=N/N(C=O)CC(=O)NCC)c1cnc(Oc2ccc(Cl)cc2)nc1. The van der Waals surface area contributed by atoms with E-state index in [2.05, 4.69) is 20.4 Å². The van der Waals surface area contributed by atoms with Gasteiger partial charge in [0.2, 0.25) is 12.3 Å². The van der Waals surface area contributed by atoms with Gasteiger partial charge in [0.05, 0.1) is 5.71 Å². The molecule has 2 rings (SSSR count). The van der Waals surface area contributed by atoms with Gasteiger partial charge in [-0.2, -0.15) is 5.10 Å². The molecule has 0 saturated carbocycles. The molecule has 9 heteroatoms. The molecule has 2 amide bonds. The number of carbonyl (C=O) groups excluding carboxylic acids is 2. The summed E-state index contributed by atoms with van der Waals surface area (Å²) < 4.78 is 5.55. The molecular weight excluding hydrogens is 382 g/mol. The summed E-state index contributed by atoms with van der Waals surface area (Å²) in [7, 11) is 0. The van der Waals surface area contributed by atoms with Gasteiger partial charge in [-0.15, -0.1) is 0 Å². The number of carbonyl (C=O) groups is 2. The third-order valence-electron chi connectivity index (χ3n) is 3.31. The summed E-state index contributed by atoms with van der Waals surface area (Å²) in [6.45, 7) is 3.89. The van der Waals surface area contributed by atoms with Crippen LogP contribution in [0.4, 0.5) is 0 Å².